The third-order valence-electron chi connectivity index (χ3n) is 2.64. The Bertz CT molecular complexity index is 243. The van der Waals surface area contributed by atoms with Crippen LogP contribution in [0.15, 0.2) is 0 Å². The summed E-state index contributed by atoms with van der Waals surface area (Å²) in [7, 11) is 0. The van der Waals surface area contributed by atoms with Crippen LogP contribution in [-0.4, -0.2) is 45.6 Å². The van der Waals surface area contributed by atoms with Crippen LogP contribution < -0.4 is 11.5 Å². The van der Waals surface area contributed by atoms with Crippen molar-refractivity contribution in [2.75, 3.05) is 24.6 Å². The van der Waals surface area contributed by atoms with Gasteiger partial charge in [-0.1, -0.05) is 0 Å². The van der Waals surface area contributed by atoms with Crippen LogP contribution in [0.25, 0.3) is 0 Å². The van der Waals surface area contributed by atoms with Crippen LogP contribution in [0.3, 0.4) is 0 Å². The molecule has 2 aliphatic rings. The highest BCUT2D eigenvalue weighted by Crippen LogP contribution is 2.50. The summed E-state index contributed by atoms with van der Waals surface area (Å²) in [4.78, 5) is 13.2. The van der Waals surface area contributed by atoms with Crippen LogP contribution in [0, 0.1) is 0 Å². The van der Waals surface area contributed by atoms with E-state index < -0.39 is 0 Å². The van der Waals surface area contributed by atoms with E-state index in [4.69, 9.17) is 11.5 Å². The largest absolute Gasteiger partial charge is 0.324 e. The van der Waals surface area contributed by atoms with E-state index in [0.717, 1.165) is 13.0 Å². The Hall–Kier alpha value is 0.0900. The van der Waals surface area contributed by atoms with Crippen LogP contribution in [0.2, 0.25) is 0 Å². The van der Waals surface area contributed by atoms with Crippen LogP contribution in [0.4, 0.5) is 0 Å². The lowest BCUT2D eigenvalue weighted by Crippen LogP contribution is -2.44. The predicted molar refractivity (Wildman–Crippen MR) is 61.0 cm³/mol. The fraction of sp³-hybridized carbons (Fsp3) is 0.875. The Kier molecular flexibility index (Phi) is 2.97. The van der Waals surface area contributed by atoms with Gasteiger partial charge in [0.05, 0.1) is 16.8 Å². The number of carbonyl (C=O) groups is 1. The Balaban J connectivity index is 2.06. The molecule has 1 amide bonds. The smallest absolute Gasteiger partial charge is 0.237 e. The second-order valence-corrected chi connectivity index (χ2v) is 6.82. The molecule has 80 valence electrons. The fourth-order valence-electron chi connectivity index (χ4n) is 1.97. The number of hydrogen-bond donors (Lipinski definition) is 2. The number of nitrogens with zero attached hydrogens (tertiary/aromatic N) is 1. The van der Waals surface area contributed by atoms with Crippen molar-refractivity contribution in [1.29, 1.82) is 0 Å². The minimum atomic E-state index is -0.135. The Morgan fingerprint density at radius 3 is 2.71 bits per heavy atom. The van der Waals surface area contributed by atoms with Crippen molar-refractivity contribution in [2.45, 2.75) is 16.7 Å². The molecular weight excluding hydrogens is 218 g/mol. The topological polar surface area (TPSA) is 72.4 Å². The molecule has 6 heteroatoms. The molecule has 2 heterocycles. The summed E-state index contributed by atoms with van der Waals surface area (Å²) >= 11 is 3.87. The highest BCUT2D eigenvalue weighted by atomic mass is 32.2. The van der Waals surface area contributed by atoms with E-state index in [1.54, 1.807) is 4.90 Å². The SMILES string of the molecule is NCC(=O)N1CC2(C[C@H]1N)SCCS2. The van der Waals surface area contributed by atoms with Crippen LogP contribution >= 0.6 is 23.5 Å². The first-order chi connectivity index (χ1) is 6.67. The summed E-state index contributed by atoms with van der Waals surface area (Å²) in [5, 5.41) is 0. The van der Waals surface area contributed by atoms with Gasteiger partial charge in [0, 0.05) is 24.5 Å². The average molecular weight is 233 g/mol. The van der Waals surface area contributed by atoms with E-state index >= 15 is 0 Å². The van der Waals surface area contributed by atoms with Gasteiger partial charge in [0.25, 0.3) is 0 Å². The lowest BCUT2D eigenvalue weighted by molar-refractivity contribution is -0.130. The van der Waals surface area contributed by atoms with Gasteiger partial charge in [0.2, 0.25) is 5.91 Å². The molecule has 2 rings (SSSR count). The highest BCUT2D eigenvalue weighted by molar-refractivity contribution is 8.21. The van der Waals surface area contributed by atoms with Crippen molar-refractivity contribution in [3.63, 3.8) is 0 Å². The van der Waals surface area contributed by atoms with E-state index in [1.165, 1.54) is 11.5 Å². The van der Waals surface area contributed by atoms with Gasteiger partial charge in [-0.25, -0.2) is 0 Å². The van der Waals surface area contributed by atoms with Gasteiger partial charge in [0.1, 0.15) is 0 Å². The monoisotopic (exact) mass is 233 g/mol. The number of thioether (sulfide) groups is 2. The zero-order valence-electron chi connectivity index (χ0n) is 7.94. The zero-order valence-corrected chi connectivity index (χ0v) is 9.57. The summed E-state index contributed by atoms with van der Waals surface area (Å²) < 4.78 is 0.171. The standard InChI is InChI=1S/C8H15N3OS2/c9-4-7(12)11-5-8(3-6(11)10)13-1-2-14-8/h6H,1-5,9-10H2/t6-/m0/s1. The summed E-state index contributed by atoms with van der Waals surface area (Å²) in [5.74, 6) is 2.31. The first-order valence-electron chi connectivity index (χ1n) is 4.70. The molecule has 0 aromatic rings. The molecule has 1 atom stereocenters. The summed E-state index contributed by atoms with van der Waals surface area (Å²) in [6, 6.07) is 0. The van der Waals surface area contributed by atoms with Gasteiger partial charge in [0.15, 0.2) is 0 Å². The maximum atomic E-state index is 11.5. The number of hydrogen-bond acceptors (Lipinski definition) is 5. The molecule has 0 unspecified atom stereocenters. The number of carbonyl (C=O) groups excluding carboxylic acids is 1. The van der Waals surface area contributed by atoms with E-state index in [2.05, 4.69) is 0 Å². The van der Waals surface area contributed by atoms with Crippen LogP contribution in [0.1, 0.15) is 6.42 Å². The third-order valence-corrected chi connectivity index (χ3v) is 6.07. The van der Waals surface area contributed by atoms with Gasteiger partial charge in [-0.2, -0.15) is 0 Å². The predicted octanol–water partition coefficient (Wildman–Crippen LogP) is -0.361. The van der Waals surface area contributed by atoms with Gasteiger partial charge < -0.3 is 16.4 Å². The molecule has 0 aromatic heterocycles. The normalized spacial score (nSPS) is 30.1. The summed E-state index contributed by atoms with van der Waals surface area (Å²) in [6.07, 6.45) is 0.762. The lowest BCUT2D eigenvalue weighted by Gasteiger charge is -2.22. The van der Waals surface area contributed by atoms with E-state index in [1.807, 2.05) is 23.5 Å². The second-order valence-electron chi connectivity index (χ2n) is 3.60. The van der Waals surface area contributed by atoms with Crippen molar-refractivity contribution >= 4 is 29.4 Å². The lowest BCUT2D eigenvalue weighted by atomic mass is 10.3. The maximum Gasteiger partial charge on any atom is 0.237 e. The average Bonchev–Trinajstić information content (AvgIpc) is 2.74. The van der Waals surface area contributed by atoms with Crippen molar-refractivity contribution in [2.24, 2.45) is 11.5 Å². The second kappa shape index (κ2) is 3.92. The molecule has 4 N–H and O–H groups in total. The molecule has 4 nitrogen and oxygen atoms in total. The molecule has 14 heavy (non-hydrogen) atoms. The molecule has 2 aliphatic heterocycles. The van der Waals surface area contributed by atoms with Gasteiger partial charge in [-0.15, -0.1) is 23.5 Å². The number of likely N-dealkylation sites (tertiary alicyclic amines) is 1. The molecule has 0 saturated carbocycles. The minimum absolute atomic E-state index is 0.0255. The van der Waals surface area contributed by atoms with E-state index in [9.17, 15) is 4.79 Å². The number of amides is 1. The van der Waals surface area contributed by atoms with Crippen molar-refractivity contribution in [1.82, 2.24) is 4.90 Å². The zero-order chi connectivity index (χ0) is 10.2. The minimum Gasteiger partial charge on any atom is -0.324 e. The maximum absolute atomic E-state index is 11.5. The summed E-state index contributed by atoms with van der Waals surface area (Å²) in [6.45, 7) is 0.832. The summed E-state index contributed by atoms with van der Waals surface area (Å²) in [5.41, 5.74) is 11.3. The third kappa shape index (κ3) is 1.76. The number of rotatable bonds is 1. The van der Waals surface area contributed by atoms with E-state index in [-0.39, 0.29) is 22.7 Å². The molecule has 0 bridgehead atoms. The Morgan fingerprint density at radius 1 is 1.50 bits per heavy atom. The fourth-order valence-corrected chi connectivity index (χ4v) is 5.25. The van der Waals surface area contributed by atoms with Crippen LogP contribution in [0.5, 0.6) is 0 Å². The van der Waals surface area contributed by atoms with Crippen LogP contribution in [-0.2, 0) is 4.79 Å². The van der Waals surface area contributed by atoms with Crippen molar-refractivity contribution in [3.05, 3.63) is 0 Å². The highest BCUT2D eigenvalue weighted by Gasteiger charge is 2.47. The van der Waals surface area contributed by atoms with Gasteiger partial charge >= 0.3 is 0 Å². The Labute approximate surface area is 92.1 Å². The Morgan fingerprint density at radius 2 is 2.14 bits per heavy atom. The molecule has 0 aliphatic carbocycles. The molecule has 1 spiro atoms. The van der Waals surface area contributed by atoms with Crippen molar-refractivity contribution < 1.29 is 4.79 Å². The van der Waals surface area contributed by atoms with Crippen molar-refractivity contribution in [3.8, 4) is 0 Å². The molecule has 0 aromatic carbocycles. The van der Waals surface area contributed by atoms with Gasteiger partial charge in [-0.3, -0.25) is 4.79 Å². The first kappa shape index (κ1) is 10.6. The molecule has 0 radical (unpaired) electrons. The van der Waals surface area contributed by atoms with E-state index in [0.29, 0.717) is 0 Å². The van der Waals surface area contributed by atoms with Gasteiger partial charge in [-0.05, 0) is 0 Å². The molecular formula is C8H15N3OS2. The quantitative estimate of drug-likeness (QED) is 0.647. The molecule has 2 fully saturated rings. The molecule has 2 saturated heterocycles. The number of nitrogens with two attached hydrogens (primary N) is 2. The first-order valence-corrected chi connectivity index (χ1v) is 6.67.